The summed E-state index contributed by atoms with van der Waals surface area (Å²) in [7, 11) is 0. The van der Waals surface area contributed by atoms with Gasteiger partial charge in [-0.05, 0) is 48.9 Å². The van der Waals surface area contributed by atoms with Crippen LogP contribution in [0.25, 0.3) is 5.69 Å². The maximum Gasteiger partial charge on any atom is 0.0455 e. The van der Waals surface area contributed by atoms with Gasteiger partial charge in [0.1, 0.15) is 0 Å². The number of piperazine rings is 1. The van der Waals surface area contributed by atoms with E-state index in [1.807, 2.05) is 0 Å². The van der Waals surface area contributed by atoms with Crippen molar-refractivity contribution in [2.75, 3.05) is 31.1 Å². The minimum Gasteiger partial charge on any atom is -0.369 e. The second-order valence-electron chi connectivity index (χ2n) is 6.81. The number of hydrogen-bond donors (Lipinski definition) is 0. The molecule has 0 unspecified atom stereocenters. The molecule has 0 radical (unpaired) electrons. The lowest BCUT2D eigenvalue weighted by atomic mass is 10.2. The molecule has 2 aromatic carbocycles. The first-order valence-electron chi connectivity index (χ1n) is 9.05. The number of rotatable bonds is 4. The molecule has 0 spiro atoms. The number of aromatic nitrogens is 1. The van der Waals surface area contributed by atoms with E-state index >= 15 is 0 Å². The summed E-state index contributed by atoms with van der Waals surface area (Å²) in [6.07, 6.45) is 2.17. The van der Waals surface area contributed by atoms with Crippen LogP contribution >= 0.6 is 0 Å². The first kappa shape index (κ1) is 16.0. The average Bonchev–Trinajstić information content (AvgIpc) is 3.11. The van der Waals surface area contributed by atoms with Gasteiger partial charge in [0.2, 0.25) is 0 Å². The van der Waals surface area contributed by atoms with Crippen LogP contribution < -0.4 is 4.90 Å². The zero-order valence-electron chi connectivity index (χ0n) is 14.8. The Morgan fingerprint density at radius 2 is 1.52 bits per heavy atom. The third kappa shape index (κ3) is 3.62. The van der Waals surface area contributed by atoms with Gasteiger partial charge < -0.3 is 9.47 Å². The first-order valence-corrected chi connectivity index (χ1v) is 9.05. The SMILES string of the molecule is Cc1cccc(-n2cccc2CN2CCN(c3ccccc3)CC2)c1. The molecular formula is C22H25N3. The van der Waals surface area contributed by atoms with Crippen molar-refractivity contribution in [3.8, 4) is 5.69 Å². The van der Waals surface area contributed by atoms with E-state index in [4.69, 9.17) is 0 Å². The lowest BCUT2D eigenvalue weighted by molar-refractivity contribution is 0.246. The van der Waals surface area contributed by atoms with Gasteiger partial charge in [-0.25, -0.2) is 0 Å². The van der Waals surface area contributed by atoms with Gasteiger partial charge >= 0.3 is 0 Å². The fourth-order valence-corrected chi connectivity index (χ4v) is 3.61. The minimum atomic E-state index is 1.00. The molecule has 25 heavy (non-hydrogen) atoms. The van der Waals surface area contributed by atoms with Gasteiger partial charge in [0.15, 0.2) is 0 Å². The normalized spacial score (nSPS) is 15.5. The summed E-state index contributed by atoms with van der Waals surface area (Å²) in [5.74, 6) is 0. The molecule has 3 nitrogen and oxygen atoms in total. The Hall–Kier alpha value is -2.52. The van der Waals surface area contributed by atoms with Crippen LogP contribution in [0.3, 0.4) is 0 Å². The first-order chi connectivity index (χ1) is 12.3. The van der Waals surface area contributed by atoms with E-state index in [1.54, 1.807) is 0 Å². The number of benzene rings is 2. The predicted octanol–water partition coefficient (Wildman–Crippen LogP) is 4.11. The van der Waals surface area contributed by atoms with E-state index in [-0.39, 0.29) is 0 Å². The molecule has 3 aromatic rings. The summed E-state index contributed by atoms with van der Waals surface area (Å²) in [4.78, 5) is 5.04. The second kappa shape index (κ2) is 7.16. The highest BCUT2D eigenvalue weighted by atomic mass is 15.3. The molecule has 0 atom stereocenters. The number of para-hydroxylation sites is 1. The highest BCUT2D eigenvalue weighted by Gasteiger charge is 2.18. The molecule has 1 saturated heterocycles. The number of hydrogen-bond acceptors (Lipinski definition) is 2. The third-order valence-electron chi connectivity index (χ3n) is 4.99. The van der Waals surface area contributed by atoms with E-state index in [9.17, 15) is 0 Å². The molecule has 1 aromatic heterocycles. The van der Waals surface area contributed by atoms with Crippen molar-refractivity contribution < 1.29 is 0 Å². The van der Waals surface area contributed by atoms with Crippen molar-refractivity contribution in [3.05, 3.63) is 84.2 Å². The van der Waals surface area contributed by atoms with E-state index in [0.29, 0.717) is 0 Å². The van der Waals surface area contributed by atoms with Crippen LogP contribution in [0.1, 0.15) is 11.3 Å². The highest BCUT2D eigenvalue weighted by Crippen LogP contribution is 2.19. The van der Waals surface area contributed by atoms with Gasteiger partial charge in [0.25, 0.3) is 0 Å². The zero-order chi connectivity index (χ0) is 17.1. The fourth-order valence-electron chi connectivity index (χ4n) is 3.61. The Kier molecular flexibility index (Phi) is 4.57. The van der Waals surface area contributed by atoms with Crippen LogP contribution in [0.5, 0.6) is 0 Å². The summed E-state index contributed by atoms with van der Waals surface area (Å²) >= 11 is 0. The summed E-state index contributed by atoms with van der Waals surface area (Å²) in [5.41, 5.74) is 5.25. The average molecular weight is 331 g/mol. The largest absolute Gasteiger partial charge is 0.369 e. The molecule has 2 heterocycles. The monoisotopic (exact) mass is 331 g/mol. The highest BCUT2D eigenvalue weighted by molar-refractivity contribution is 5.46. The van der Waals surface area contributed by atoms with Crippen molar-refractivity contribution >= 4 is 5.69 Å². The molecular weight excluding hydrogens is 306 g/mol. The minimum absolute atomic E-state index is 1.00. The van der Waals surface area contributed by atoms with Crippen LogP contribution in [0.15, 0.2) is 72.9 Å². The lowest BCUT2D eigenvalue weighted by Gasteiger charge is -2.36. The number of nitrogens with zero attached hydrogens (tertiary/aromatic N) is 3. The van der Waals surface area contributed by atoms with E-state index < -0.39 is 0 Å². The van der Waals surface area contributed by atoms with E-state index in [1.165, 1.54) is 22.6 Å². The predicted molar refractivity (Wildman–Crippen MR) is 104 cm³/mol. The molecule has 3 heteroatoms. The molecule has 4 rings (SSSR count). The zero-order valence-corrected chi connectivity index (χ0v) is 14.8. The standard InChI is InChI=1S/C22H25N3/c1-19-7-5-10-21(17-19)25-12-6-11-22(25)18-23-13-15-24(16-14-23)20-8-3-2-4-9-20/h2-12,17H,13-16,18H2,1H3. The van der Waals surface area contributed by atoms with Gasteiger partial charge in [-0.3, -0.25) is 4.90 Å². The quantitative estimate of drug-likeness (QED) is 0.713. The Balaban J connectivity index is 1.42. The van der Waals surface area contributed by atoms with Crippen LogP contribution in [0, 0.1) is 6.92 Å². The van der Waals surface area contributed by atoms with Crippen molar-refractivity contribution in [2.24, 2.45) is 0 Å². The molecule has 128 valence electrons. The van der Waals surface area contributed by atoms with Crippen LogP contribution in [0.4, 0.5) is 5.69 Å². The summed E-state index contributed by atoms with van der Waals surface area (Å²) in [6.45, 7) is 7.55. The molecule has 0 amide bonds. The molecule has 0 aliphatic carbocycles. The maximum atomic E-state index is 2.56. The Labute approximate surface area is 150 Å². The Bertz CT molecular complexity index is 814. The van der Waals surface area contributed by atoms with Gasteiger partial charge in [0, 0.05) is 56.0 Å². The van der Waals surface area contributed by atoms with Gasteiger partial charge in [-0.1, -0.05) is 30.3 Å². The molecule has 0 bridgehead atoms. The molecule has 1 aliphatic heterocycles. The molecule has 1 fully saturated rings. The van der Waals surface area contributed by atoms with Crippen molar-refractivity contribution in [3.63, 3.8) is 0 Å². The van der Waals surface area contributed by atoms with Gasteiger partial charge in [-0.2, -0.15) is 0 Å². The smallest absolute Gasteiger partial charge is 0.0455 e. The van der Waals surface area contributed by atoms with Crippen LogP contribution in [0.2, 0.25) is 0 Å². The van der Waals surface area contributed by atoms with Crippen molar-refractivity contribution in [2.45, 2.75) is 13.5 Å². The van der Waals surface area contributed by atoms with Crippen molar-refractivity contribution in [1.82, 2.24) is 9.47 Å². The summed E-state index contributed by atoms with van der Waals surface area (Å²) in [5, 5.41) is 0. The Morgan fingerprint density at radius 1 is 0.760 bits per heavy atom. The van der Waals surface area contributed by atoms with E-state index in [0.717, 1.165) is 32.7 Å². The van der Waals surface area contributed by atoms with Crippen LogP contribution in [-0.4, -0.2) is 35.6 Å². The molecule has 0 N–H and O–H groups in total. The van der Waals surface area contributed by atoms with Gasteiger partial charge in [-0.15, -0.1) is 0 Å². The van der Waals surface area contributed by atoms with E-state index in [2.05, 4.69) is 94.2 Å². The number of aryl methyl sites for hydroxylation is 1. The van der Waals surface area contributed by atoms with Crippen molar-refractivity contribution in [1.29, 1.82) is 0 Å². The Morgan fingerprint density at radius 3 is 2.28 bits per heavy atom. The summed E-state index contributed by atoms with van der Waals surface area (Å²) < 4.78 is 2.32. The third-order valence-corrected chi connectivity index (χ3v) is 4.99. The van der Waals surface area contributed by atoms with Crippen LogP contribution in [-0.2, 0) is 6.54 Å². The maximum absolute atomic E-state index is 2.56. The fraction of sp³-hybridized carbons (Fsp3) is 0.273. The second-order valence-corrected chi connectivity index (χ2v) is 6.81. The lowest BCUT2D eigenvalue weighted by Crippen LogP contribution is -2.46. The molecule has 1 aliphatic rings. The number of anilines is 1. The molecule has 0 saturated carbocycles. The topological polar surface area (TPSA) is 11.4 Å². The summed E-state index contributed by atoms with van der Waals surface area (Å²) in [6, 6.07) is 23.8. The van der Waals surface area contributed by atoms with Gasteiger partial charge in [0.05, 0.1) is 0 Å².